The zero-order chi connectivity index (χ0) is 17.8. The van der Waals surface area contributed by atoms with E-state index in [9.17, 15) is 0 Å². The van der Waals surface area contributed by atoms with Crippen LogP contribution >= 0.6 is 0 Å². The second-order valence-electron chi connectivity index (χ2n) is 7.10. The van der Waals surface area contributed by atoms with Crippen LogP contribution in [0.4, 0.5) is 5.82 Å². The molecule has 5 nitrogen and oxygen atoms in total. The van der Waals surface area contributed by atoms with Gasteiger partial charge in [0.25, 0.3) is 0 Å². The lowest BCUT2D eigenvalue weighted by molar-refractivity contribution is 0.232. The minimum absolute atomic E-state index is 0.0934. The van der Waals surface area contributed by atoms with Gasteiger partial charge < -0.3 is 15.4 Å². The Morgan fingerprint density at radius 1 is 1.08 bits per heavy atom. The molecule has 0 saturated carbocycles. The Balaban J connectivity index is 1.61. The Bertz CT molecular complexity index is 676. The fourth-order valence-corrected chi connectivity index (χ4v) is 3.32. The van der Waals surface area contributed by atoms with Gasteiger partial charge in [0.1, 0.15) is 12.1 Å². The number of benzene rings is 1. The maximum Gasteiger partial charge on any atom is 0.218 e. The van der Waals surface area contributed by atoms with E-state index in [1.807, 2.05) is 26.8 Å². The zero-order valence-electron chi connectivity index (χ0n) is 15.4. The van der Waals surface area contributed by atoms with Crippen molar-refractivity contribution in [3.63, 3.8) is 0 Å². The summed E-state index contributed by atoms with van der Waals surface area (Å²) in [5, 5.41) is 0. The van der Waals surface area contributed by atoms with E-state index < -0.39 is 0 Å². The van der Waals surface area contributed by atoms with Crippen LogP contribution in [-0.2, 0) is 0 Å². The molecule has 1 aromatic heterocycles. The van der Waals surface area contributed by atoms with Crippen LogP contribution < -0.4 is 15.4 Å². The molecular weight excluding hydrogens is 312 g/mol. The summed E-state index contributed by atoms with van der Waals surface area (Å²) >= 11 is 0. The lowest BCUT2D eigenvalue weighted by Gasteiger charge is -2.33. The highest BCUT2D eigenvalue weighted by atomic mass is 16.5. The molecule has 2 aromatic rings. The monoisotopic (exact) mass is 340 g/mol. The molecule has 0 amide bonds. The predicted octanol–water partition coefficient (Wildman–Crippen LogP) is 3.67. The van der Waals surface area contributed by atoms with Crippen LogP contribution in [0.1, 0.15) is 56.7 Å². The molecule has 1 aromatic carbocycles. The fourth-order valence-electron chi connectivity index (χ4n) is 3.32. The first-order valence-electron chi connectivity index (χ1n) is 9.12. The van der Waals surface area contributed by atoms with Gasteiger partial charge in [0.05, 0.1) is 6.10 Å². The molecule has 0 aliphatic carbocycles. The van der Waals surface area contributed by atoms with Gasteiger partial charge in [-0.3, -0.25) is 0 Å². The third-order valence-corrected chi connectivity index (χ3v) is 4.74. The maximum atomic E-state index is 5.94. The van der Waals surface area contributed by atoms with Crippen molar-refractivity contribution < 1.29 is 4.74 Å². The number of anilines is 1. The number of nitrogens with zero attached hydrogens (tertiary/aromatic N) is 3. The summed E-state index contributed by atoms with van der Waals surface area (Å²) in [6.45, 7) is 8.02. The van der Waals surface area contributed by atoms with Crippen LogP contribution in [0.25, 0.3) is 0 Å². The highest BCUT2D eigenvalue weighted by Gasteiger charge is 2.22. The van der Waals surface area contributed by atoms with Crippen LogP contribution in [-0.4, -0.2) is 29.2 Å². The van der Waals surface area contributed by atoms with E-state index in [1.54, 1.807) is 6.33 Å². The van der Waals surface area contributed by atoms with Crippen molar-refractivity contribution in [2.75, 3.05) is 18.0 Å². The summed E-state index contributed by atoms with van der Waals surface area (Å²) in [5.74, 6) is 2.21. The van der Waals surface area contributed by atoms with E-state index in [4.69, 9.17) is 10.5 Å². The van der Waals surface area contributed by atoms with Gasteiger partial charge in [-0.2, -0.15) is 0 Å². The summed E-state index contributed by atoms with van der Waals surface area (Å²) < 4.78 is 5.68. The van der Waals surface area contributed by atoms with Gasteiger partial charge in [-0.15, -0.1) is 0 Å². The van der Waals surface area contributed by atoms with Crippen molar-refractivity contribution in [1.29, 1.82) is 0 Å². The topological polar surface area (TPSA) is 64.3 Å². The molecule has 1 fully saturated rings. The standard InChI is InChI=1S/C20H28N4O/c1-14(2)25-20-12-19(22-13-23-20)24-10-8-18(9-11-24)17-6-4-16(5-7-17)15(3)21/h4-7,12-15,18H,8-11,21H2,1-3H3. The fraction of sp³-hybridized carbons (Fsp3) is 0.500. The predicted molar refractivity (Wildman–Crippen MR) is 101 cm³/mol. The summed E-state index contributed by atoms with van der Waals surface area (Å²) in [4.78, 5) is 10.9. The van der Waals surface area contributed by atoms with Crippen LogP contribution in [0, 0.1) is 0 Å². The van der Waals surface area contributed by atoms with Crippen LogP contribution in [0.2, 0.25) is 0 Å². The molecule has 1 saturated heterocycles. The average molecular weight is 340 g/mol. The van der Waals surface area contributed by atoms with E-state index in [0.717, 1.165) is 31.7 Å². The lowest BCUT2D eigenvalue weighted by Crippen LogP contribution is -2.33. The van der Waals surface area contributed by atoms with E-state index >= 15 is 0 Å². The second kappa shape index (κ2) is 7.83. The number of aromatic nitrogens is 2. The number of hydrogen-bond donors (Lipinski definition) is 1. The Hall–Kier alpha value is -2.14. The summed E-state index contributed by atoms with van der Waals surface area (Å²) in [7, 11) is 0. The molecule has 134 valence electrons. The molecule has 5 heteroatoms. The number of nitrogens with two attached hydrogens (primary N) is 1. The number of ether oxygens (including phenoxy) is 1. The van der Waals surface area contributed by atoms with Gasteiger partial charge in [0.2, 0.25) is 5.88 Å². The average Bonchev–Trinajstić information content (AvgIpc) is 2.62. The van der Waals surface area contributed by atoms with Crippen LogP contribution in [0.3, 0.4) is 0 Å². The van der Waals surface area contributed by atoms with E-state index in [0.29, 0.717) is 11.8 Å². The highest BCUT2D eigenvalue weighted by molar-refractivity contribution is 5.42. The second-order valence-corrected chi connectivity index (χ2v) is 7.10. The number of piperidine rings is 1. The van der Waals surface area contributed by atoms with E-state index in [-0.39, 0.29) is 12.1 Å². The Morgan fingerprint density at radius 3 is 2.36 bits per heavy atom. The number of hydrogen-bond acceptors (Lipinski definition) is 5. The van der Waals surface area contributed by atoms with Crippen molar-refractivity contribution in [1.82, 2.24) is 9.97 Å². The first kappa shape index (κ1) is 17.7. The summed E-state index contributed by atoms with van der Waals surface area (Å²) in [6, 6.07) is 10.8. The smallest absolute Gasteiger partial charge is 0.218 e. The molecule has 25 heavy (non-hydrogen) atoms. The SMILES string of the molecule is CC(C)Oc1cc(N2CCC(c3ccc(C(C)N)cc3)CC2)ncn1. The molecule has 1 unspecified atom stereocenters. The third kappa shape index (κ3) is 4.48. The van der Waals surface area contributed by atoms with Gasteiger partial charge in [-0.05, 0) is 50.7 Å². The van der Waals surface area contributed by atoms with Gasteiger partial charge >= 0.3 is 0 Å². The minimum Gasteiger partial charge on any atom is -0.475 e. The molecule has 0 bridgehead atoms. The molecular formula is C20H28N4O. The van der Waals surface area contributed by atoms with E-state index in [2.05, 4.69) is 39.1 Å². The first-order chi connectivity index (χ1) is 12.0. The first-order valence-corrected chi connectivity index (χ1v) is 9.12. The Morgan fingerprint density at radius 2 is 1.76 bits per heavy atom. The molecule has 1 atom stereocenters. The summed E-state index contributed by atoms with van der Waals surface area (Å²) in [5.41, 5.74) is 8.54. The van der Waals surface area contributed by atoms with Crippen LogP contribution in [0.5, 0.6) is 5.88 Å². The van der Waals surface area contributed by atoms with Gasteiger partial charge in [0, 0.05) is 25.2 Å². The normalized spacial score (nSPS) is 16.9. The third-order valence-electron chi connectivity index (χ3n) is 4.74. The maximum absolute atomic E-state index is 5.94. The van der Waals surface area contributed by atoms with Crippen molar-refractivity contribution in [2.45, 2.75) is 51.7 Å². The Labute approximate surface area is 150 Å². The molecule has 1 aliphatic heterocycles. The zero-order valence-corrected chi connectivity index (χ0v) is 15.4. The highest BCUT2D eigenvalue weighted by Crippen LogP contribution is 2.31. The Kier molecular flexibility index (Phi) is 5.53. The molecule has 1 aliphatic rings. The van der Waals surface area contributed by atoms with Gasteiger partial charge in [0.15, 0.2) is 0 Å². The molecule has 2 N–H and O–H groups in total. The quantitative estimate of drug-likeness (QED) is 0.900. The largest absolute Gasteiger partial charge is 0.475 e. The van der Waals surface area contributed by atoms with Crippen LogP contribution in [0.15, 0.2) is 36.7 Å². The lowest BCUT2D eigenvalue weighted by atomic mass is 9.88. The minimum atomic E-state index is 0.0934. The van der Waals surface area contributed by atoms with Crippen molar-refractivity contribution in [3.05, 3.63) is 47.8 Å². The van der Waals surface area contributed by atoms with E-state index in [1.165, 1.54) is 11.1 Å². The molecule has 2 heterocycles. The number of rotatable bonds is 5. The van der Waals surface area contributed by atoms with Gasteiger partial charge in [-0.25, -0.2) is 9.97 Å². The molecule has 0 radical (unpaired) electrons. The van der Waals surface area contributed by atoms with Crippen molar-refractivity contribution >= 4 is 5.82 Å². The molecule has 0 spiro atoms. The summed E-state index contributed by atoms with van der Waals surface area (Å²) in [6.07, 6.45) is 3.96. The van der Waals surface area contributed by atoms with Crippen molar-refractivity contribution in [3.8, 4) is 5.88 Å². The van der Waals surface area contributed by atoms with Crippen molar-refractivity contribution in [2.24, 2.45) is 5.73 Å². The van der Waals surface area contributed by atoms with Gasteiger partial charge in [-0.1, -0.05) is 24.3 Å². The molecule has 3 rings (SSSR count).